The van der Waals surface area contributed by atoms with Gasteiger partial charge in [0.1, 0.15) is 24.6 Å². The summed E-state index contributed by atoms with van der Waals surface area (Å²) in [6, 6.07) is 0. The van der Waals surface area contributed by atoms with Crippen LogP contribution in [0.25, 0.3) is 0 Å². The van der Waals surface area contributed by atoms with E-state index in [1.165, 1.54) is 5.57 Å². The number of nitrogens with one attached hydrogen (secondary N) is 1. The lowest BCUT2D eigenvalue weighted by Gasteiger charge is -2.86. The minimum Gasteiger partial charge on any atom is -0.481 e. The minimum atomic E-state index is -1.80. The largest absolute Gasteiger partial charge is 0.481 e. The number of aldehydes is 1. The fraction of sp³-hybridized carbons (Fsp3) is 0.820. The summed E-state index contributed by atoms with van der Waals surface area (Å²) in [7, 11) is 3.72. The molecule has 20 atom stereocenters. The molecule has 7 fully saturated rings. The molecule has 12 heteroatoms. The molecule has 9 aliphatic carbocycles. The summed E-state index contributed by atoms with van der Waals surface area (Å²) < 4.78 is 18.6. The molecule has 342 valence electrons. The van der Waals surface area contributed by atoms with Gasteiger partial charge in [0.15, 0.2) is 12.4 Å². The minimum absolute atomic E-state index is 0.0520. The van der Waals surface area contributed by atoms with Gasteiger partial charge < -0.3 is 49.9 Å². The van der Waals surface area contributed by atoms with Gasteiger partial charge in [0.2, 0.25) is 0 Å². The molecule has 62 heavy (non-hydrogen) atoms. The second-order valence-corrected chi connectivity index (χ2v) is 23.3. The van der Waals surface area contributed by atoms with E-state index >= 15 is 0 Å². The zero-order valence-corrected chi connectivity index (χ0v) is 37.6. The number of hydrogen-bond donors (Lipinski definition) is 6. The Morgan fingerprint density at radius 2 is 1.77 bits per heavy atom. The summed E-state index contributed by atoms with van der Waals surface area (Å²) in [5.74, 6) is -1.69. The topological polar surface area (TPSA) is 192 Å². The first kappa shape index (κ1) is 43.4. The van der Waals surface area contributed by atoms with E-state index in [1.807, 2.05) is 7.05 Å². The van der Waals surface area contributed by atoms with E-state index in [0.29, 0.717) is 25.9 Å². The maximum atomic E-state index is 14.6. The van der Waals surface area contributed by atoms with E-state index in [2.05, 4.69) is 63.4 Å². The number of carboxylic acids is 2. The molecule has 0 radical (unpaired) electrons. The molecule has 1 saturated heterocycles. The second kappa shape index (κ2) is 14.0. The van der Waals surface area contributed by atoms with Crippen molar-refractivity contribution in [1.29, 1.82) is 0 Å². The molecule has 0 aromatic rings. The van der Waals surface area contributed by atoms with Gasteiger partial charge in [-0.15, -0.1) is 0 Å². The number of methoxy groups -OCH3 is 1. The first-order valence-corrected chi connectivity index (χ1v) is 23.9. The quantitative estimate of drug-likeness (QED) is 0.0915. The van der Waals surface area contributed by atoms with Crippen LogP contribution in [0.1, 0.15) is 105 Å². The molecule has 10 rings (SSSR count). The van der Waals surface area contributed by atoms with Gasteiger partial charge in [-0.2, -0.15) is 0 Å². The van der Waals surface area contributed by atoms with Gasteiger partial charge in [-0.25, -0.2) is 4.79 Å². The van der Waals surface area contributed by atoms with Gasteiger partial charge >= 0.3 is 11.9 Å². The summed E-state index contributed by atoms with van der Waals surface area (Å²) in [5, 5.41) is 58.0. The van der Waals surface area contributed by atoms with Gasteiger partial charge in [0.25, 0.3) is 0 Å². The summed E-state index contributed by atoms with van der Waals surface area (Å²) in [6.07, 6.45) is 14.5. The summed E-state index contributed by atoms with van der Waals surface area (Å²) in [5.41, 5.74) is -2.23. The van der Waals surface area contributed by atoms with Crippen LogP contribution >= 0.6 is 0 Å². The number of ether oxygens (including phenoxy) is 3. The standard InChI is InChI=1S/C50H71NO11/c1-43(2)33-11-16-47-15-7-9-29-23-48(42(58)59)31(25-60-6)22-44(3)13-8-14-46(48,26-44)34-20-30-19-27(24-51-5)32(45(33,4)49(30,47)17-10-28(12-18-52)50(29,34)47)21-35(43)61-41-38(55)36(53)37(54)39(62-41)40(56)57/h8,10,14,17-18,20,27-33,35-39,41,51,53-55H,7,9,11-13,15-16,19,21-26H2,1-6H3,(H,56,57)(H,58,59)/t27-,28-,29+,30-,31+,32-,33-,35-,36-,37-,38+,39-,41+,44-,45-,46-,47+,48-,49+,50+/m0/s1. The summed E-state index contributed by atoms with van der Waals surface area (Å²) >= 11 is 0. The molecule has 4 bridgehead atoms. The highest BCUT2D eigenvalue weighted by atomic mass is 16.7. The average molecular weight is 862 g/mol. The lowest BCUT2D eigenvalue weighted by atomic mass is 9.17. The Morgan fingerprint density at radius 3 is 2.47 bits per heavy atom. The molecule has 1 heterocycles. The summed E-state index contributed by atoms with van der Waals surface area (Å²) in [6.45, 7) is 10.6. The molecule has 0 aromatic heterocycles. The number of fused-ring (bicyclic) bond motifs is 1. The van der Waals surface area contributed by atoms with Gasteiger partial charge in [0, 0.05) is 35.7 Å². The van der Waals surface area contributed by atoms with Crippen molar-refractivity contribution in [3.8, 4) is 0 Å². The Balaban J connectivity index is 1.19. The number of aliphatic carboxylic acids is 2. The Kier molecular flexibility index (Phi) is 9.83. The number of carbonyl (C=O) groups is 3. The zero-order valence-electron chi connectivity index (χ0n) is 37.6. The Morgan fingerprint density at radius 1 is 1.00 bits per heavy atom. The van der Waals surface area contributed by atoms with Crippen molar-refractivity contribution in [1.82, 2.24) is 5.32 Å². The number of rotatable bonds is 10. The first-order chi connectivity index (χ1) is 29.4. The van der Waals surface area contributed by atoms with E-state index in [0.717, 1.165) is 70.6 Å². The molecule has 6 N–H and O–H groups in total. The van der Waals surface area contributed by atoms with Crippen molar-refractivity contribution in [2.75, 3.05) is 27.3 Å². The van der Waals surface area contributed by atoms with Crippen LogP contribution < -0.4 is 5.32 Å². The second-order valence-electron chi connectivity index (χ2n) is 23.3. The van der Waals surface area contributed by atoms with Gasteiger partial charge in [-0.1, -0.05) is 70.1 Å². The van der Waals surface area contributed by atoms with Crippen molar-refractivity contribution in [3.63, 3.8) is 0 Å². The molecule has 6 saturated carbocycles. The Hall–Kier alpha value is -2.45. The number of aliphatic hydroxyl groups excluding tert-OH is 3. The number of hydrogen-bond acceptors (Lipinski definition) is 10. The number of aliphatic hydroxyl groups is 3. The van der Waals surface area contributed by atoms with Crippen molar-refractivity contribution >= 4 is 18.2 Å². The highest BCUT2D eigenvalue weighted by Gasteiger charge is 2.87. The molecule has 0 aromatic carbocycles. The fourth-order valence-electron chi connectivity index (χ4n) is 19.8. The van der Waals surface area contributed by atoms with Crippen LogP contribution in [0, 0.1) is 84.7 Å². The molecule has 1 aliphatic heterocycles. The average Bonchev–Trinajstić information content (AvgIpc) is 3.20. The maximum absolute atomic E-state index is 14.6. The third-order valence-electron chi connectivity index (χ3n) is 21.2. The maximum Gasteiger partial charge on any atom is 0.335 e. The van der Waals surface area contributed by atoms with E-state index in [9.17, 15) is 39.9 Å². The van der Waals surface area contributed by atoms with Gasteiger partial charge in [-0.05, 0) is 135 Å². The van der Waals surface area contributed by atoms with Crippen LogP contribution in [0.2, 0.25) is 0 Å². The molecule has 4 spiro atoms. The third kappa shape index (κ3) is 4.81. The lowest BCUT2D eigenvalue weighted by Crippen LogP contribution is -2.82. The number of allylic oxidation sites excluding steroid dienone is 6. The van der Waals surface area contributed by atoms with Crippen LogP contribution in [0.5, 0.6) is 0 Å². The van der Waals surface area contributed by atoms with Gasteiger partial charge in [-0.3, -0.25) is 4.79 Å². The van der Waals surface area contributed by atoms with Crippen molar-refractivity contribution in [2.45, 2.75) is 142 Å². The monoisotopic (exact) mass is 862 g/mol. The van der Waals surface area contributed by atoms with Crippen LogP contribution in [0.4, 0.5) is 0 Å². The van der Waals surface area contributed by atoms with Crippen molar-refractivity contribution in [3.05, 3.63) is 36.0 Å². The fourth-order valence-corrected chi connectivity index (χ4v) is 19.8. The molecule has 10 aliphatic rings. The van der Waals surface area contributed by atoms with E-state index in [4.69, 9.17) is 14.2 Å². The molecule has 12 nitrogen and oxygen atoms in total. The Bertz CT molecular complexity index is 1980. The van der Waals surface area contributed by atoms with Crippen LogP contribution in [0.3, 0.4) is 0 Å². The number of carbonyl (C=O) groups excluding carboxylic acids is 1. The molecule has 0 amide bonds. The number of carboxylic acid groups (broad SMARTS) is 2. The SMILES string of the molecule is CNC[C@@H]1C[C@H]2C=C3[C@@]45[C@H](CCC[C@]46CC[C@H]4C(C)(C)[C@@H](O[C@@H]7O[C@H](C(=O)O)[C@@H](O)[C@H](O)[C@H]7O)C[C@@H]1[C@]4(C)[C@@]26C=C[C@H]5CC=O)C[C@@]1(C(=O)O)[C@@H](COC)C[C@]2(C)CC=C[C@]31C2. The van der Waals surface area contributed by atoms with E-state index in [1.54, 1.807) is 7.11 Å². The van der Waals surface area contributed by atoms with E-state index < -0.39 is 70.4 Å². The molecular weight excluding hydrogens is 791 g/mol. The summed E-state index contributed by atoms with van der Waals surface area (Å²) in [4.78, 5) is 39.8. The third-order valence-corrected chi connectivity index (χ3v) is 21.2. The molecular formula is C50H71NO11. The Labute approximate surface area is 366 Å². The predicted octanol–water partition coefficient (Wildman–Crippen LogP) is 5.54. The van der Waals surface area contributed by atoms with Crippen LogP contribution in [-0.2, 0) is 28.6 Å². The highest BCUT2D eigenvalue weighted by molar-refractivity contribution is 5.80. The smallest absolute Gasteiger partial charge is 0.335 e. The normalized spacial score (nSPS) is 54.9. The van der Waals surface area contributed by atoms with Crippen LogP contribution in [-0.4, -0.2) is 108 Å². The van der Waals surface area contributed by atoms with Crippen LogP contribution in [0.15, 0.2) is 36.0 Å². The highest BCUT2D eigenvalue weighted by Crippen LogP contribution is 2.91. The predicted molar refractivity (Wildman–Crippen MR) is 227 cm³/mol. The first-order valence-electron chi connectivity index (χ1n) is 23.9. The van der Waals surface area contributed by atoms with Crippen molar-refractivity contribution in [2.24, 2.45) is 84.7 Å². The zero-order chi connectivity index (χ0) is 44.2. The van der Waals surface area contributed by atoms with Gasteiger partial charge in [0.05, 0.1) is 18.1 Å². The van der Waals surface area contributed by atoms with Crippen molar-refractivity contribution < 1.29 is 54.1 Å². The molecule has 0 unspecified atom stereocenters. The lowest BCUT2D eigenvalue weighted by molar-refractivity contribution is -0.358. The van der Waals surface area contributed by atoms with E-state index in [-0.39, 0.29) is 63.1 Å².